The van der Waals surface area contributed by atoms with Gasteiger partial charge in [-0.05, 0) is 29.0 Å². The highest BCUT2D eigenvalue weighted by molar-refractivity contribution is 7.95. The predicted octanol–water partition coefficient (Wildman–Crippen LogP) is 3.48. The number of carboxylic acids is 2. The van der Waals surface area contributed by atoms with E-state index < -0.39 is 23.0 Å². The molecule has 1 aliphatic heterocycles. The number of fused-ring (bicyclic) bond motifs is 1. The molecule has 1 aliphatic rings. The monoisotopic (exact) mass is 445 g/mol. The van der Waals surface area contributed by atoms with Crippen LogP contribution in [0, 0.1) is 0 Å². The summed E-state index contributed by atoms with van der Waals surface area (Å²) in [5, 5.41) is 22.6. The Bertz CT molecular complexity index is 1380. The van der Waals surface area contributed by atoms with Gasteiger partial charge in [0, 0.05) is 17.9 Å². The molecule has 7 heteroatoms. The lowest BCUT2D eigenvalue weighted by molar-refractivity contribution is -0.254. The van der Waals surface area contributed by atoms with Crippen molar-refractivity contribution in [1.29, 1.82) is 0 Å². The minimum Gasteiger partial charge on any atom is -0.545 e. The summed E-state index contributed by atoms with van der Waals surface area (Å²) in [5.41, 5.74) is 0.826. The normalized spacial score (nSPS) is 14.8. The molecule has 32 heavy (non-hydrogen) atoms. The molecule has 5 rings (SSSR count). The van der Waals surface area contributed by atoms with Crippen LogP contribution < -0.4 is 5.11 Å². The minimum atomic E-state index is -1.22. The Morgan fingerprint density at radius 3 is 1.88 bits per heavy atom. The second-order valence-corrected chi connectivity index (χ2v) is 9.21. The molecule has 160 valence electrons. The van der Waals surface area contributed by atoms with E-state index >= 15 is 0 Å². The summed E-state index contributed by atoms with van der Waals surface area (Å²) in [6, 6.07) is 22.6. The number of benzene rings is 4. The Kier molecular flexibility index (Phi) is 5.59. The number of hydrogen-bond acceptors (Lipinski definition) is 4. The van der Waals surface area contributed by atoms with E-state index in [-0.39, 0.29) is 11.5 Å². The van der Waals surface area contributed by atoms with Gasteiger partial charge < -0.3 is 15.0 Å². The Morgan fingerprint density at radius 1 is 0.844 bits per heavy atom. The molecular weight excluding hydrogens is 426 g/mol. The number of amides is 1. The maximum absolute atomic E-state index is 13.1. The summed E-state index contributed by atoms with van der Waals surface area (Å²) in [6.45, 7) is 1.08. The van der Waals surface area contributed by atoms with E-state index in [0.29, 0.717) is 10.9 Å². The number of aliphatic carboxylic acids is 1. The fourth-order valence-corrected chi connectivity index (χ4v) is 6.30. The van der Waals surface area contributed by atoms with Crippen molar-refractivity contribution in [1.82, 2.24) is 4.31 Å². The molecule has 1 atom stereocenters. The van der Waals surface area contributed by atoms with E-state index in [2.05, 4.69) is 0 Å². The van der Waals surface area contributed by atoms with Crippen LogP contribution in [0.4, 0.5) is 0 Å². The highest BCUT2D eigenvalue weighted by atomic mass is 32.2. The molecule has 0 aliphatic carbocycles. The largest absolute Gasteiger partial charge is 0.545 e. The van der Waals surface area contributed by atoms with Crippen molar-refractivity contribution < 1.29 is 24.6 Å². The minimum absolute atomic E-state index is 0.0597. The predicted molar refractivity (Wildman–Crippen MR) is 122 cm³/mol. The van der Waals surface area contributed by atoms with Crippen molar-refractivity contribution >= 4 is 50.5 Å². The lowest BCUT2D eigenvalue weighted by atomic mass is 10.0. The van der Waals surface area contributed by atoms with Crippen molar-refractivity contribution in [2.24, 2.45) is 0 Å². The van der Waals surface area contributed by atoms with E-state index in [9.17, 15) is 14.7 Å². The van der Waals surface area contributed by atoms with Gasteiger partial charge in [-0.15, -0.1) is 4.31 Å². The Hall–Kier alpha value is -3.84. The first-order valence-electron chi connectivity index (χ1n) is 9.78. The van der Waals surface area contributed by atoms with Crippen LogP contribution in [-0.4, -0.2) is 34.3 Å². The van der Waals surface area contributed by atoms with E-state index in [1.54, 1.807) is 23.5 Å². The molecule has 0 spiro atoms. The van der Waals surface area contributed by atoms with E-state index in [4.69, 9.17) is 9.90 Å². The summed E-state index contributed by atoms with van der Waals surface area (Å²) in [7, 11) is 1.78. The van der Waals surface area contributed by atoms with Crippen LogP contribution in [0.1, 0.15) is 27.6 Å². The number of aromatic carboxylic acids is 1. The van der Waals surface area contributed by atoms with Gasteiger partial charge in [0.05, 0.1) is 24.0 Å². The van der Waals surface area contributed by atoms with Gasteiger partial charge in [0.25, 0.3) is 11.9 Å². The zero-order valence-electron chi connectivity index (χ0n) is 17.4. The third-order valence-electron chi connectivity index (χ3n) is 5.16. The molecule has 4 aromatic rings. The SMILES string of the molecule is CC(=O)O.CN1C(=O)c2cccc3cccc(c23)[S+]1c1cccc2cccc(C(=O)[O-])c12. The summed E-state index contributed by atoms with van der Waals surface area (Å²) >= 11 is -0.740. The molecule has 4 aromatic carbocycles. The van der Waals surface area contributed by atoms with Crippen molar-refractivity contribution in [3.8, 4) is 0 Å². The van der Waals surface area contributed by atoms with E-state index in [1.165, 1.54) is 0 Å². The smallest absolute Gasteiger partial charge is 0.300 e. The molecule has 0 saturated heterocycles. The summed E-state index contributed by atoms with van der Waals surface area (Å²) in [4.78, 5) is 35.8. The van der Waals surface area contributed by atoms with E-state index in [1.807, 2.05) is 60.7 Å². The van der Waals surface area contributed by atoms with Gasteiger partial charge in [0.2, 0.25) is 0 Å². The first kappa shape index (κ1) is 21.4. The maximum atomic E-state index is 13.1. The van der Waals surface area contributed by atoms with Crippen LogP contribution >= 0.6 is 0 Å². The van der Waals surface area contributed by atoms with E-state index in [0.717, 1.165) is 32.9 Å². The average Bonchev–Trinajstić information content (AvgIpc) is 2.77. The molecule has 1 N–H and O–H groups in total. The van der Waals surface area contributed by atoms with Crippen molar-refractivity contribution in [3.63, 3.8) is 0 Å². The highest BCUT2D eigenvalue weighted by Gasteiger charge is 2.43. The third kappa shape index (κ3) is 3.56. The number of carbonyl (C=O) groups excluding carboxylic acids is 2. The fourth-order valence-electron chi connectivity index (χ4n) is 3.95. The Labute approximate surface area is 187 Å². The van der Waals surface area contributed by atoms with Crippen molar-refractivity contribution in [2.75, 3.05) is 7.05 Å². The van der Waals surface area contributed by atoms with Crippen LogP contribution in [0.15, 0.2) is 82.6 Å². The maximum Gasteiger partial charge on any atom is 0.300 e. The summed E-state index contributed by atoms with van der Waals surface area (Å²) < 4.78 is 1.72. The number of hydrogen-bond donors (Lipinski definition) is 1. The zero-order chi connectivity index (χ0) is 23.0. The van der Waals surface area contributed by atoms with Gasteiger partial charge in [-0.25, -0.2) is 0 Å². The first-order chi connectivity index (χ1) is 15.3. The lowest BCUT2D eigenvalue weighted by Crippen LogP contribution is -2.37. The highest BCUT2D eigenvalue weighted by Crippen LogP contribution is 2.41. The zero-order valence-corrected chi connectivity index (χ0v) is 18.2. The standard InChI is InChI=1S/C23H15NO3S.C2H4O2/c1-24-22(25)16-10-2-6-14-8-4-12-18(20(14)16)28(24)19-13-5-9-15-7-3-11-17(21(15)19)23(26)27;1-2(3)4/h2-13H,1H3;1H3,(H,3,4). The van der Waals surface area contributed by atoms with Gasteiger partial charge in [0.15, 0.2) is 20.9 Å². The molecule has 6 nitrogen and oxygen atoms in total. The molecule has 0 aromatic heterocycles. The van der Waals surface area contributed by atoms with Gasteiger partial charge in [-0.1, -0.05) is 54.6 Å². The molecule has 0 radical (unpaired) electrons. The number of carboxylic acid groups (broad SMARTS) is 2. The number of rotatable bonds is 2. The van der Waals surface area contributed by atoms with Gasteiger partial charge >= 0.3 is 0 Å². The second kappa shape index (κ2) is 8.36. The van der Waals surface area contributed by atoms with Gasteiger partial charge in [-0.3, -0.25) is 9.59 Å². The van der Waals surface area contributed by atoms with Gasteiger partial charge in [-0.2, -0.15) is 0 Å². The fraction of sp³-hybridized carbons (Fsp3) is 0.0800. The molecule has 0 fully saturated rings. The number of carbonyl (C=O) groups is 3. The lowest BCUT2D eigenvalue weighted by Gasteiger charge is -2.25. The van der Waals surface area contributed by atoms with Crippen LogP contribution in [0.25, 0.3) is 21.5 Å². The van der Waals surface area contributed by atoms with Crippen LogP contribution in [0.3, 0.4) is 0 Å². The Balaban J connectivity index is 0.000000567. The summed E-state index contributed by atoms with van der Waals surface area (Å²) in [6.07, 6.45) is 0. The molecular formula is C25H19NO5S. The van der Waals surface area contributed by atoms with Gasteiger partial charge in [0.1, 0.15) is 0 Å². The molecule has 1 unspecified atom stereocenters. The molecule has 1 heterocycles. The summed E-state index contributed by atoms with van der Waals surface area (Å²) in [5.74, 6) is -2.11. The topological polar surface area (TPSA) is 97.7 Å². The van der Waals surface area contributed by atoms with Crippen LogP contribution in [0.2, 0.25) is 0 Å². The second-order valence-electron chi connectivity index (χ2n) is 7.21. The van der Waals surface area contributed by atoms with Crippen molar-refractivity contribution in [2.45, 2.75) is 16.7 Å². The molecule has 0 bridgehead atoms. The van der Waals surface area contributed by atoms with Crippen LogP contribution in [-0.2, 0) is 15.9 Å². The Morgan fingerprint density at radius 2 is 1.31 bits per heavy atom. The van der Waals surface area contributed by atoms with Crippen LogP contribution in [0.5, 0.6) is 0 Å². The third-order valence-corrected chi connectivity index (χ3v) is 7.39. The molecule has 1 amide bonds. The molecule has 0 saturated carbocycles. The average molecular weight is 445 g/mol. The number of nitrogens with zero attached hydrogens (tertiary/aromatic N) is 1. The first-order valence-corrected chi connectivity index (χ1v) is 11.0. The quantitative estimate of drug-likeness (QED) is 0.477. The van der Waals surface area contributed by atoms with Crippen molar-refractivity contribution in [3.05, 3.63) is 83.9 Å².